The molecule has 0 radical (unpaired) electrons. The van der Waals surface area contributed by atoms with Crippen molar-refractivity contribution in [1.82, 2.24) is 0 Å². The first-order chi connectivity index (χ1) is 10.1. The zero-order chi connectivity index (χ0) is 15.2. The van der Waals surface area contributed by atoms with Crippen LogP contribution in [0.1, 0.15) is 31.7 Å². The second-order valence-electron chi connectivity index (χ2n) is 5.27. The highest BCUT2D eigenvalue weighted by Gasteiger charge is 2.11. The number of hydrogen-bond donors (Lipinski definition) is 2. The topological polar surface area (TPSA) is 40.5 Å². The average molecular weight is 286 g/mol. The van der Waals surface area contributed by atoms with E-state index in [0.717, 1.165) is 36.8 Å². The molecular weight excluding hydrogens is 266 g/mol. The summed E-state index contributed by atoms with van der Waals surface area (Å²) < 4.78 is 14.2. The third kappa shape index (κ3) is 4.16. The number of halogens is 1. The molecule has 0 bridgehead atoms. The lowest BCUT2D eigenvalue weighted by molar-refractivity contribution is 0.426. The molecule has 0 saturated carbocycles. The number of benzene rings is 2. The van der Waals surface area contributed by atoms with Crippen molar-refractivity contribution in [3.8, 4) is 11.1 Å². The van der Waals surface area contributed by atoms with E-state index in [1.165, 1.54) is 0 Å². The molecule has 0 unspecified atom stereocenters. The van der Waals surface area contributed by atoms with Gasteiger partial charge in [-0.3, -0.25) is 0 Å². The van der Waals surface area contributed by atoms with Gasteiger partial charge >= 0.3 is 7.12 Å². The molecule has 0 aliphatic carbocycles. The fourth-order valence-electron chi connectivity index (χ4n) is 2.36. The number of aryl methyl sites for hydroxylation is 1. The molecule has 0 aliphatic heterocycles. The van der Waals surface area contributed by atoms with Gasteiger partial charge in [0.1, 0.15) is 5.82 Å². The molecule has 2 N–H and O–H groups in total. The second kappa shape index (κ2) is 7.39. The highest BCUT2D eigenvalue weighted by molar-refractivity contribution is 6.58. The molecule has 0 spiro atoms. The van der Waals surface area contributed by atoms with E-state index in [-0.39, 0.29) is 5.82 Å². The normalized spacial score (nSPS) is 10.7. The molecule has 0 aliphatic rings. The molecule has 0 fully saturated rings. The van der Waals surface area contributed by atoms with Crippen LogP contribution in [0.2, 0.25) is 0 Å². The number of unbranched alkanes of at least 4 members (excludes halogenated alkanes) is 2. The van der Waals surface area contributed by atoms with Crippen molar-refractivity contribution in [1.29, 1.82) is 0 Å². The van der Waals surface area contributed by atoms with E-state index < -0.39 is 7.12 Å². The Balaban J connectivity index is 2.16. The van der Waals surface area contributed by atoms with Gasteiger partial charge in [-0.05, 0) is 35.5 Å². The van der Waals surface area contributed by atoms with E-state index in [0.29, 0.717) is 11.0 Å². The van der Waals surface area contributed by atoms with Crippen molar-refractivity contribution in [3.63, 3.8) is 0 Å². The lowest BCUT2D eigenvalue weighted by atomic mass is 9.80. The van der Waals surface area contributed by atoms with Crippen molar-refractivity contribution < 1.29 is 14.4 Å². The summed E-state index contributed by atoms with van der Waals surface area (Å²) in [4.78, 5) is 0. The van der Waals surface area contributed by atoms with Crippen molar-refractivity contribution >= 4 is 12.6 Å². The van der Waals surface area contributed by atoms with Gasteiger partial charge < -0.3 is 10.0 Å². The van der Waals surface area contributed by atoms with Crippen molar-refractivity contribution in [2.24, 2.45) is 0 Å². The van der Waals surface area contributed by atoms with E-state index in [1.54, 1.807) is 36.4 Å². The predicted molar refractivity (Wildman–Crippen MR) is 84.9 cm³/mol. The Bertz CT molecular complexity index is 582. The summed E-state index contributed by atoms with van der Waals surface area (Å²) in [5.74, 6) is -0.235. The molecule has 21 heavy (non-hydrogen) atoms. The van der Waals surface area contributed by atoms with Gasteiger partial charge in [0.05, 0.1) is 0 Å². The monoisotopic (exact) mass is 286 g/mol. The van der Waals surface area contributed by atoms with Gasteiger partial charge in [0.15, 0.2) is 0 Å². The van der Waals surface area contributed by atoms with Crippen LogP contribution in [0.3, 0.4) is 0 Å². The van der Waals surface area contributed by atoms with Gasteiger partial charge in [-0.2, -0.15) is 0 Å². The van der Waals surface area contributed by atoms with E-state index in [4.69, 9.17) is 10.0 Å². The lowest BCUT2D eigenvalue weighted by Crippen LogP contribution is -2.29. The minimum Gasteiger partial charge on any atom is -0.423 e. The van der Waals surface area contributed by atoms with Crippen LogP contribution in [0.15, 0.2) is 42.5 Å². The first kappa shape index (κ1) is 15.7. The van der Waals surface area contributed by atoms with E-state index in [9.17, 15) is 4.39 Å². The summed E-state index contributed by atoms with van der Waals surface area (Å²) in [5.41, 5.74) is 2.69. The maximum Gasteiger partial charge on any atom is 0.488 e. The van der Waals surface area contributed by atoms with Crippen LogP contribution in [-0.2, 0) is 6.42 Å². The third-order valence-corrected chi connectivity index (χ3v) is 3.62. The summed E-state index contributed by atoms with van der Waals surface area (Å²) in [7, 11) is -1.50. The molecule has 0 saturated heterocycles. The fourth-order valence-corrected chi connectivity index (χ4v) is 2.36. The minimum absolute atomic E-state index is 0.235. The van der Waals surface area contributed by atoms with Gasteiger partial charge in [0, 0.05) is 5.56 Å². The third-order valence-electron chi connectivity index (χ3n) is 3.62. The predicted octanol–water partition coefficient (Wildman–Crippen LogP) is 2.91. The van der Waals surface area contributed by atoms with Crippen LogP contribution in [0.25, 0.3) is 11.1 Å². The summed E-state index contributed by atoms with van der Waals surface area (Å²) in [6.07, 6.45) is 4.30. The van der Waals surface area contributed by atoms with Crippen molar-refractivity contribution in [3.05, 3.63) is 53.8 Å². The Morgan fingerprint density at radius 1 is 1.00 bits per heavy atom. The maximum absolute atomic E-state index is 14.2. The first-order valence-corrected chi connectivity index (χ1v) is 7.36. The summed E-state index contributed by atoms with van der Waals surface area (Å²) in [6.45, 7) is 2.15. The second-order valence-corrected chi connectivity index (χ2v) is 5.27. The molecule has 110 valence electrons. The number of hydrogen-bond acceptors (Lipinski definition) is 2. The summed E-state index contributed by atoms with van der Waals surface area (Å²) in [6, 6.07) is 11.9. The lowest BCUT2D eigenvalue weighted by Gasteiger charge is -2.08. The molecule has 0 aromatic heterocycles. The van der Waals surface area contributed by atoms with Crippen LogP contribution in [0.5, 0.6) is 0 Å². The summed E-state index contributed by atoms with van der Waals surface area (Å²) >= 11 is 0. The zero-order valence-corrected chi connectivity index (χ0v) is 12.2. The Morgan fingerprint density at radius 3 is 2.29 bits per heavy atom. The maximum atomic E-state index is 14.2. The SMILES string of the molecule is CCCCCc1ccc(-c2ccc(B(O)O)cc2)c(F)c1. The molecule has 2 nitrogen and oxygen atoms in total. The Labute approximate surface area is 125 Å². The van der Waals surface area contributed by atoms with Gasteiger partial charge in [-0.25, -0.2) is 4.39 Å². The largest absolute Gasteiger partial charge is 0.488 e. The van der Waals surface area contributed by atoms with Gasteiger partial charge in [-0.1, -0.05) is 56.2 Å². The van der Waals surface area contributed by atoms with Crippen LogP contribution < -0.4 is 5.46 Å². The Kier molecular flexibility index (Phi) is 5.54. The zero-order valence-electron chi connectivity index (χ0n) is 12.2. The highest BCUT2D eigenvalue weighted by atomic mass is 19.1. The van der Waals surface area contributed by atoms with E-state index in [2.05, 4.69) is 6.92 Å². The fraction of sp³-hybridized carbons (Fsp3) is 0.294. The van der Waals surface area contributed by atoms with Crippen LogP contribution in [-0.4, -0.2) is 17.2 Å². The van der Waals surface area contributed by atoms with Crippen LogP contribution in [0, 0.1) is 5.82 Å². The first-order valence-electron chi connectivity index (χ1n) is 7.36. The van der Waals surface area contributed by atoms with E-state index in [1.807, 2.05) is 6.07 Å². The standard InChI is InChI=1S/C17H20BFO2/c1-2-3-4-5-13-6-11-16(17(19)12-13)14-7-9-15(10-8-14)18(20)21/h6-12,20-21H,2-5H2,1H3. The molecular formula is C17H20BFO2. The smallest absolute Gasteiger partial charge is 0.423 e. The molecule has 2 aromatic rings. The molecule has 0 amide bonds. The molecule has 2 rings (SSSR count). The average Bonchev–Trinajstić information content (AvgIpc) is 2.48. The molecule has 0 atom stereocenters. The van der Waals surface area contributed by atoms with Crippen molar-refractivity contribution in [2.45, 2.75) is 32.6 Å². The summed E-state index contributed by atoms with van der Waals surface area (Å²) in [5, 5.41) is 18.1. The highest BCUT2D eigenvalue weighted by Crippen LogP contribution is 2.23. The molecule has 4 heteroatoms. The van der Waals surface area contributed by atoms with Crippen molar-refractivity contribution in [2.75, 3.05) is 0 Å². The number of rotatable bonds is 6. The van der Waals surface area contributed by atoms with Gasteiger partial charge in [0.2, 0.25) is 0 Å². The minimum atomic E-state index is -1.50. The van der Waals surface area contributed by atoms with Crippen LogP contribution in [0.4, 0.5) is 4.39 Å². The van der Waals surface area contributed by atoms with Crippen LogP contribution >= 0.6 is 0 Å². The Morgan fingerprint density at radius 2 is 1.71 bits per heavy atom. The quantitative estimate of drug-likeness (QED) is 0.633. The van der Waals surface area contributed by atoms with Gasteiger partial charge in [-0.15, -0.1) is 0 Å². The van der Waals surface area contributed by atoms with Gasteiger partial charge in [0.25, 0.3) is 0 Å². The molecule has 2 aromatic carbocycles. The Hall–Kier alpha value is -1.65. The molecule has 0 heterocycles. The van der Waals surface area contributed by atoms with E-state index >= 15 is 0 Å².